The van der Waals surface area contributed by atoms with Gasteiger partial charge in [0.25, 0.3) is 0 Å². The van der Waals surface area contributed by atoms with Crippen LogP contribution in [0, 0.1) is 0 Å². The fourth-order valence-corrected chi connectivity index (χ4v) is 7.86. The van der Waals surface area contributed by atoms with Crippen molar-refractivity contribution in [3.63, 3.8) is 0 Å². The van der Waals surface area contributed by atoms with Crippen molar-refractivity contribution in [3.8, 4) is 0 Å². The van der Waals surface area contributed by atoms with Crippen molar-refractivity contribution in [3.05, 3.63) is 109 Å². The molecule has 9 heteroatoms. The van der Waals surface area contributed by atoms with Crippen LogP contribution in [0.3, 0.4) is 0 Å². The van der Waals surface area contributed by atoms with E-state index in [4.69, 9.17) is 9.47 Å². The van der Waals surface area contributed by atoms with Crippen LogP contribution in [0.5, 0.6) is 0 Å². The van der Waals surface area contributed by atoms with Gasteiger partial charge in [0.2, 0.25) is 5.91 Å². The summed E-state index contributed by atoms with van der Waals surface area (Å²) in [4.78, 5) is 12.9. The third kappa shape index (κ3) is 36.8. The number of nitrogens with one attached hydrogen (secondary N) is 1. The highest BCUT2D eigenvalue weighted by molar-refractivity contribution is 5.76. The highest BCUT2D eigenvalue weighted by Crippen LogP contribution is 2.23. The zero-order valence-corrected chi connectivity index (χ0v) is 42.8. The van der Waals surface area contributed by atoms with Crippen LogP contribution in [-0.4, -0.2) is 87.5 Å². The second-order valence-electron chi connectivity index (χ2n) is 18.3. The first kappa shape index (κ1) is 62.9. The molecule has 1 saturated heterocycles. The van der Waals surface area contributed by atoms with Crippen molar-refractivity contribution in [2.75, 3.05) is 13.2 Å². The summed E-state index contributed by atoms with van der Waals surface area (Å²) in [5.41, 5.74) is 0. The van der Waals surface area contributed by atoms with Crippen LogP contribution in [0.2, 0.25) is 0 Å². The predicted octanol–water partition coefficient (Wildman–Crippen LogP) is 13.0. The van der Waals surface area contributed by atoms with Crippen LogP contribution < -0.4 is 5.32 Å². The molecule has 0 spiro atoms. The maximum Gasteiger partial charge on any atom is 0.220 e. The highest BCUT2D eigenvalue weighted by atomic mass is 16.7. The molecule has 0 aliphatic carbocycles. The number of hydrogen-bond acceptors (Lipinski definition) is 8. The fourth-order valence-electron chi connectivity index (χ4n) is 7.86. The largest absolute Gasteiger partial charge is 0.394 e. The van der Waals surface area contributed by atoms with Crippen molar-refractivity contribution in [1.82, 2.24) is 5.32 Å². The number of carbonyl (C=O) groups is 1. The van der Waals surface area contributed by atoms with Gasteiger partial charge < -0.3 is 40.3 Å². The lowest BCUT2D eigenvalue weighted by molar-refractivity contribution is -0.302. The number of aliphatic hydroxyl groups is 5. The van der Waals surface area contributed by atoms with Gasteiger partial charge >= 0.3 is 0 Å². The van der Waals surface area contributed by atoms with Crippen LogP contribution in [-0.2, 0) is 14.3 Å². The van der Waals surface area contributed by atoms with E-state index in [1.807, 2.05) is 0 Å². The van der Waals surface area contributed by atoms with Gasteiger partial charge in [0.05, 0.1) is 25.4 Å². The normalized spacial score (nSPS) is 20.5. The maximum atomic E-state index is 12.9. The average Bonchev–Trinajstić information content (AvgIpc) is 3.34. The van der Waals surface area contributed by atoms with Gasteiger partial charge in [0, 0.05) is 6.42 Å². The molecule has 7 atom stereocenters. The van der Waals surface area contributed by atoms with Crippen LogP contribution in [0.1, 0.15) is 200 Å². The Bertz CT molecular complexity index is 1430. The first-order valence-electron chi connectivity index (χ1n) is 27.1. The Balaban J connectivity index is 2.06. The summed E-state index contributed by atoms with van der Waals surface area (Å²) in [6, 6.07) is -0.723. The summed E-state index contributed by atoms with van der Waals surface area (Å²) in [5.74, 6) is -0.158. The Morgan fingerprint density at radius 2 is 0.912 bits per heavy atom. The van der Waals surface area contributed by atoms with Crippen LogP contribution in [0.15, 0.2) is 109 Å². The van der Waals surface area contributed by atoms with Crippen molar-refractivity contribution < 1.29 is 39.8 Å². The number of carbonyl (C=O) groups excluding carboxylic acids is 1. The molecular weight excluding hydrogens is 851 g/mol. The standard InChI is InChI=1S/C59H99NO8/c1-3-5-7-9-11-12-13-14-15-16-17-18-19-20-21-22-23-24-25-26-27-28-29-30-31-32-33-34-35-36-37-38-39-40-41-42-43-45-47-49-55(63)60-52(53(62)48-46-44-10-8-6-4-2)51-67-59-58(66)57(65)56(64)54(50-61)68-59/h5,7,11-12,14-15,17-18,20-21,23-24,26-27,29-30,32-33,52-54,56-59,61-62,64-66H,3-4,6,8-10,13,16,19,22,25,28,31,34-51H2,1-2H3,(H,60,63)/b7-5-,12-11-,15-14-,18-17-,21-20-,24-23-,27-26-,30-29-,33-32-. The van der Waals surface area contributed by atoms with Crippen molar-refractivity contribution in [2.24, 2.45) is 0 Å². The molecule has 0 bridgehead atoms. The lowest BCUT2D eigenvalue weighted by Crippen LogP contribution is -2.60. The summed E-state index contributed by atoms with van der Waals surface area (Å²) < 4.78 is 11.2. The first-order chi connectivity index (χ1) is 33.3. The Morgan fingerprint density at radius 1 is 0.515 bits per heavy atom. The van der Waals surface area contributed by atoms with Gasteiger partial charge in [-0.1, -0.05) is 220 Å². The Hall–Kier alpha value is -3.15. The summed E-state index contributed by atoms with van der Waals surface area (Å²) in [7, 11) is 0. The van der Waals surface area contributed by atoms with E-state index >= 15 is 0 Å². The molecule has 7 unspecified atom stereocenters. The van der Waals surface area contributed by atoms with Gasteiger partial charge in [-0.3, -0.25) is 4.79 Å². The van der Waals surface area contributed by atoms with Crippen molar-refractivity contribution in [2.45, 2.75) is 243 Å². The van der Waals surface area contributed by atoms with Crippen LogP contribution >= 0.6 is 0 Å². The molecule has 1 rings (SSSR count). The van der Waals surface area contributed by atoms with E-state index < -0.39 is 49.5 Å². The number of ether oxygens (including phenoxy) is 2. The quantitative estimate of drug-likeness (QED) is 0.0261. The molecule has 0 radical (unpaired) electrons. The summed E-state index contributed by atoms with van der Waals surface area (Å²) in [5, 5.41) is 54.1. The molecule has 0 aromatic heterocycles. The number of rotatable bonds is 44. The van der Waals surface area contributed by atoms with E-state index in [1.165, 1.54) is 70.6 Å². The van der Waals surface area contributed by atoms with Gasteiger partial charge in [0.1, 0.15) is 24.4 Å². The summed E-state index contributed by atoms with van der Waals surface area (Å²) in [6.45, 7) is 3.63. The van der Waals surface area contributed by atoms with E-state index in [0.717, 1.165) is 103 Å². The maximum absolute atomic E-state index is 12.9. The molecule has 1 heterocycles. The second-order valence-corrected chi connectivity index (χ2v) is 18.3. The van der Waals surface area contributed by atoms with Gasteiger partial charge in [-0.25, -0.2) is 0 Å². The van der Waals surface area contributed by atoms with Gasteiger partial charge in [-0.05, 0) is 83.5 Å². The molecule has 1 amide bonds. The van der Waals surface area contributed by atoms with Gasteiger partial charge in [-0.15, -0.1) is 0 Å². The molecule has 0 aromatic carbocycles. The van der Waals surface area contributed by atoms with Gasteiger partial charge in [-0.2, -0.15) is 0 Å². The van der Waals surface area contributed by atoms with Crippen molar-refractivity contribution in [1.29, 1.82) is 0 Å². The summed E-state index contributed by atoms with van der Waals surface area (Å²) in [6.07, 6.45) is 63.1. The lowest BCUT2D eigenvalue weighted by Gasteiger charge is -2.40. The fraction of sp³-hybridized carbons (Fsp3) is 0.678. The van der Waals surface area contributed by atoms with Crippen molar-refractivity contribution >= 4 is 5.91 Å². The highest BCUT2D eigenvalue weighted by Gasteiger charge is 2.44. The Labute approximate surface area is 415 Å². The van der Waals surface area contributed by atoms with Gasteiger partial charge in [0.15, 0.2) is 6.29 Å². The third-order valence-electron chi connectivity index (χ3n) is 12.1. The molecule has 0 saturated carbocycles. The van der Waals surface area contributed by atoms with Crippen LogP contribution in [0.25, 0.3) is 0 Å². The molecule has 1 aliphatic heterocycles. The molecule has 0 aromatic rings. The molecule has 9 nitrogen and oxygen atoms in total. The zero-order chi connectivity index (χ0) is 49.4. The number of aliphatic hydroxyl groups excluding tert-OH is 5. The topological polar surface area (TPSA) is 149 Å². The smallest absolute Gasteiger partial charge is 0.220 e. The van der Waals surface area contributed by atoms with E-state index in [9.17, 15) is 30.3 Å². The third-order valence-corrected chi connectivity index (χ3v) is 12.1. The second kappa shape index (κ2) is 47.5. The number of allylic oxidation sites excluding steroid dienone is 18. The lowest BCUT2D eigenvalue weighted by atomic mass is 9.99. The zero-order valence-electron chi connectivity index (χ0n) is 42.8. The van der Waals surface area contributed by atoms with E-state index in [1.54, 1.807) is 0 Å². The minimum absolute atomic E-state index is 0.146. The first-order valence-corrected chi connectivity index (χ1v) is 27.1. The SMILES string of the molecule is CC/C=C\C/C=C\C/C=C\C/C=C\C/C=C\C/C=C\C/C=C\C/C=C\C/C=C\CCCCCCCCCCCCCC(=O)NC(COC1OC(CO)C(O)C(O)C1O)C(O)CCCCCCCC. The molecular formula is C59H99NO8. The Kier molecular flexibility index (Phi) is 43.9. The molecule has 68 heavy (non-hydrogen) atoms. The van der Waals surface area contributed by atoms with Crippen LogP contribution in [0.4, 0.5) is 0 Å². The molecule has 388 valence electrons. The minimum atomic E-state index is -1.56. The number of amides is 1. The molecule has 1 aliphatic rings. The monoisotopic (exact) mass is 950 g/mol. The molecule has 1 fully saturated rings. The average molecular weight is 950 g/mol. The van der Waals surface area contributed by atoms with E-state index in [2.05, 4.69) is 129 Å². The minimum Gasteiger partial charge on any atom is -0.394 e. The molecule has 6 N–H and O–H groups in total. The number of unbranched alkanes of at least 4 members (excludes halogenated alkanes) is 16. The summed E-state index contributed by atoms with van der Waals surface area (Å²) >= 11 is 0. The number of hydrogen-bond donors (Lipinski definition) is 6. The Morgan fingerprint density at radius 3 is 1.35 bits per heavy atom. The predicted molar refractivity (Wildman–Crippen MR) is 285 cm³/mol. The van der Waals surface area contributed by atoms with E-state index in [0.29, 0.717) is 12.8 Å². The van der Waals surface area contributed by atoms with E-state index in [-0.39, 0.29) is 12.5 Å².